The number of sulfonamides is 1. The van der Waals surface area contributed by atoms with E-state index in [0.717, 1.165) is 56.7 Å². The lowest BCUT2D eigenvalue weighted by molar-refractivity contribution is 0.0599. The second-order valence-electron chi connectivity index (χ2n) is 6.99. The quantitative estimate of drug-likeness (QED) is 0.471. The second kappa shape index (κ2) is 10.3. The van der Waals surface area contributed by atoms with Crippen LogP contribution in [0.3, 0.4) is 0 Å². The fraction of sp³-hybridized carbons (Fsp3) is 0.0870. The molecule has 12 heteroatoms. The highest BCUT2D eigenvalue weighted by molar-refractivity contribution is 7.92. The lowest BCUT2D eigenvalue weighted by atomic mass is 10.1. The van der Waals surface area contributed by atoms with Crippen molar-refractivity contribution in [3.05, 3.63) is 89.0 Å². The summed E-state index contributed by atoms with van der Waals surface area (Å²) < 4.78 is 64.6. The number of carbonyl (C=O) groups is 3. The lowest BCUT2D eigenvalue weighted by Gasteiger charge is -2.12. The summed E-state index contributed by atoms with van der Waals surface area (Å²) in [6.45, 7) is 0. The predicted molar refractivity (Wildman–Crippen MR) is 121 cm³/mol. The van der Waals surface area contributed by atoms with Crippen molar-refractivity contribution >= 4 is 39.2 Å². The van der Waals surface area contributed by atoms with Crippen molar-refractivity contribution in [3.63, 3.8) is 0 Å². The van der Waals surface area contributed by atoms with Crippen LogP contribution >= 0.6 is 0 Å². The zero-order chi connectivity index (χ0) is 25.8. The van der Waals surface area contributed by atoms with E-state index in [2.05, 4.69) is 19.5 Å². The zero-order valence-corrected chi connectivity index (χ0v) is 19.1. The molecule has 182 valence electrons. The lowest BCUT2D eigenvalue weighted by Crippen LogP contribution is -2.16. The minimum atomic E-state index is -4.38. The summed E-state index contributed by atoms with van der Waals surface area (Å²) in [5.74, 6) is -3.99. The molecule has 0 saturated carbocycles. The van der Waals surface area contributed by atoms with Crippen LogP contribution in [0.4, 0.5) is 20.2 Å². The van der Waals surface area contributed by atoms with Crippen LogP contribution in [0.5, 0.6) is 0 Å². The first-order chi connectivity index (χ1) is 16.5. The van der Waals surface area contributed by atoms with E-state index < -0.39 is 44.4 Å². The molecule has 0 heterocycles. The van der Waals surface area contributed by atoms with Crippen LogP contribution in [0.1, 0.15) is 31.1 Å². The molecule has 3 aromatic rings. The number of amides is 1. The molecule has 0 spiro atoms. The van der Waals surface area contributed by atoms with Crippen molar-refractivity contribution in [1.82, 2.24) is 0 Å². The van der Waals surface area contributed by atoms with Crippen LogP contribution in [0, 0.1) is 11.6 Å². The Labute approximate surface area is 198 Å². The number of ether oxygens (including phenoxy) is 2. The maximum atomic E-state index is 14.6. The smallest absolute Gasteiger partial charge is 0.337 e. The molecule has 1 amide bonds. The maximum absolute atomic E-state index is 14.6. The standard InChI is InChI=1S/C23H18F2N2O7S/c1-33-22(29)14-9-15(23(30)34-2)11-17(10-14)27-35(31,32)18-7-8-20(19(25)12-18)26-21(28)13-3-5-16(24)6-4-13/h3-12,27H,1-2H3,(H,26,28). The highest BCUT2D eigenvalue weighted by atomic mass is 32.2. The molecule has 0 aliphatic rings. The van der Waals surface area contributed by atoms with Gasteiger partial charge in [-0.2, -0.15) is 0 Å². The van der Waals surface area contributed by atoms with Crippen LogP contribution in [0.25, 0.3) is 0 Å². The van der Waals surface area contributed by atoms with Gasteiger partial charge in [-0.15, -0.1) is 0 Å². The van der Waals surface area contributed by atoms with Crippen molar-refractivity contribution in [1.29, 1.82) is 0 Å². The van der Waals surface area contributed by atoms with E-state index in [4.69, 9.17) is 0 Å². The van der Waals surface area contributed by atoms with Gasteiger partial charge in [-0.05, 0) is 60.7 Å². The molecule has 3 rings (SSSR count). The first-order valence-corrected chi connectivity index (χ1v) is 11.2. The Morgan fingerprint density at radius 3 is 1.86 bits per heavy atom. The summed E-state index contributed by atoms with van der Waals surface area (Å²) >= 11 is 0. The van der Waals surface area contributed by atoms with Crippen LogP contribution < -0.4 is 10.0 Å². The van der Waals surface area contributed by atoms with Crippen LogP contribution in [-0.4, -0.2) is 40.5 Å². The summed E-state index contributed by atoms with van der Waals surface area (Å²) in [6, 6.07) is 10.7. The van der Waals surface area contributed by atoms with Crippen molar-refractivity contribution < 1.29 is 41.1 Å². The van der Waals surface area contributed by atoms with Crippen molar-refractivity contribution in [2.24, 2.45) is 0 Å². The van der Waals surface area contributed by atoms with Gasteiger partial charge in [-0.25, -0.2) is 26.8 Å². The maximum Gasteiger partial charge on any atom is 0.337 e. The third-order valence-electron chi connectivity index (χ3n) is 4.63. The number of rotatable bonds is 7. The number of anilines is 2. The van der Waals surface area contributed by atoms with E-state index in [1.54, 1.807) is 0 Å². The van der Waals surface area contributed by atoms with Gasteiger partial charge in [-0.1, -0.05) is 0 Å². The molecule has 0 radical (unpaired) electrons. The monoisotopic (exact) mass is 504 g/mol. The Kier molecular flexibility index (Phi) is 7.45. The fourth-order valence-corrected chi connectivity index (χ4v) is 3.98. The molecule has 2 N–H and O–H groups in total. The van der Waals surface area contributed by atoms with Crippen LogP contribution in [0.2, 0.25) is 0 Å². The van der Waals surface area contributed by atoms with Crippen molar-refractivity contribution in [3.8, 4) is 0 Å². The van der Waals surface area contributed by atoms with E-state index in [1.807, 2.05) is 0 Å². The average Bonchev–Trinajstić information content (AvgIpc) is 2.83. The van der Waals surface area contributed by atoms with Gasteiger partial charge in [0, 0.05) is 5.56 Å². The van der Waals surface area contributed by atoms with Crippen molar-refractivity contribution in [2.45, 2.75) is 4.90 Å². The molecule has 0 bridgehead atoms. The normalized spacial score (nSPS) is 10.9. The van der Waals surface area contributed by atoms with E-state index in [0.29, 0.717) is 6.07 Å². The largest absolute Gasteiger partial charge is 0.465 e. The minimum absolute atomic E-state index is 0.0658. The molecule has 0 aromatic heterocycles. The predicted octanol–water partition coefficient (Wildman–Crippen LogP) is 3.59. The molecule has 35 heavy (non-hydrogen) atoms. The molecule has 3 aromatic carbocycles. The zero-order valence-electron chi connectivity index (χ0n) is 18.3. The number of esters is 2. The van der Waals surface area contributed by atoms with Crippen molar-refractivity contribution in [2.75, 3.05) is 24.3 Å². The van der Waals surface area contributed by atoms with Gasteiger partial charge in [0.25, 0.3) is 15.9 Å². The average molecular weight is 504 g/mol. The Hall–Kier alpha value is -4.32. The SMILES string of the molecule is COC(=O)c1cc(NS(=O)(=O)c2ccc(NC(=O)c3ccc(F)cc3)c(F)c2)cc(C(=O)OC)c1. The van der Waals surface area contributed by atoms with E-state index in [9.17, 15) is 31.6 Å². The van der Waals surface area contributed by atoms with Gasteiger partial charge in [-0.3, -0.25) is 9.52 Å². The molecule has 0 saturated heterocycles. The van der Waals surface area contributed by atoms with E-state index >= 15 is 0 Å². The topological polar surface area (TPSA) is 128 Å². The number of hydrogen-bond donors (Lipinski definition) is 2. The Bertz CT molecular complexity index is 1370. The van der Waals surface area contributed by atoms with Gasteiger partial charge in [0.15, 0.2) is 0 Å². The molecule has 0 fully saturated rings. The van der Waals surface area contributed by atoms with Gasteiger partial charge in [0.2, 0.25) is 0 Å². The van der Waals surface area contributed by atoms with Crippen LogP contribution in [-0.2, 0) is 19.5 Å². The summed E-state index contributed by atoms with van der Waals surface area (Å²) in [6.07, 6.45) is 0. The number of hydrogen-bond acceptors (Lipinski definition) is 7. The molecule has 0 unspecified atom stereocenters. The summed E-state index contributed by atoms with van der Waals surface area (Å²) in [4.78, 5) is 35.5. The first-order valence-electron chi connectivity index (χ1n) is 9.75. The first kappa shape index (κ1) is 25.3. The van der Waals surface area contributed by atoms with E-state index in [1.165, 1.54) is 12.1 Å². The molecule has 0 atom stereocenters. The third-order valence-corrected chi connectivity index (χ3v) is 6.01. The Morgan fingerprint density at radius 2 is 1.34 bits per heavy atom. The number of carbonyl (C=O) groups excluding carboxylic acids is 3. The number of halogens is 2. The summed E-state index contributed by atoms with van der Waals surface area (Å²) in [5, 5.41) is 2.27. The van der Waals surface area contributed by atoms with Gasteiger partial charge in [0.1, 0.15) is 11.6 Å². The van der Waals surface area contributed by atoms with Crippen LogP contribution in [0.15, 0.2) is 65.6 Å². The summed E-state index contributed by atoms with van der Waals surface area (Å²) in [7, 11) is -2.17. The highest BCUT2D eigenvalue weighted by Crippen LogP contribution is 2.24. The van der Waals surface area contributed by atoms with E-state index in [-0.39, 0.29) is 28.1 Å². The number of benzene rings is 3. The summed E-state index contributed by atoms with van der Waals surface area (Å²) in [5.41, 5.74) is -0.673. The van der Waals surface area contributed by atoms with Gasteiger partial charge < -0.3 is 14.8 Å². The Morgan fingerprint density at radius 1 is 0.771 bits per heavy atom. The van der Waals surface area contributed by atoms with Gasteiger partial charge >= 0.3 is 11.9 Å². The second-order valence-corrected chi connectivity index (χ2v) is 8.67. The highest BCUT2D eigenvalue weighted by Gasteiger charge is 2.20. The molecular formula is C23H18F2N2O7S. The number of nitrogens with one attached hydrogen (secondary N) is 2. The molecule has 0 aliphatic carbocycles. The Balaban J connectivity index is 1.87. The minimum Gasteiger partial charge on any atom is -0.465 e. The number of methoxy groups -OCH3 is 2. The third kappa shape index (κ3) is 5.98. The fourth-order valence-electron chi connectivity index (χ4n) is 2.93. The molecular weight excluding hydrogens is 486 g/mol. The van der Waals surface area contributed by atoms with Gasteiger partial charge in [0.05, 0.1) is 41.6 Å². The molecule has 9 nitrogen and oxygen atoms in total. The molecule has 0 aliphatic heterocycles.